The lowest BCUT2D eigenvalue weighted by atomic mass is 9.82. The summed E-state index contributed by atoms with van der Waals surface area (Å²) >= 11 is 11.7. The van der Waals surface area contributed by atoms with Crippen molar-refractivity contribution in [2.45, 2.75) is 25.7 Å². The van der Waals surface area contributed by atoms with E-state index >= 15 is 0 Å². The summed E-state index contributed by atoms with van der Waals surface area (Å²) in [5.74, 6) is -0.407. The van der Waals surface area contributed by atoms with E-state index in [0.29, 0.717) is 21.9 Å². The molecule has 0 aromatic carbocycles. The molecule has 1 aliphatic carbocycles. The zero-order valence-electron chi connectivity index (χ0n) is 10.3. The summed E-state index contributed by atoms with van der Waals surface area (Å²) in [6, 6.07) is 1.64. The molecule has 0 saturated heterocycles. The highest BCUT2D eigenvalue weighted by Gasteiger charge is 2.25. The van der Waals surface area contributed by atoms with Crippen LogP contribution < -0.4 is 5.32 Å². The molecule has 7 heteroatoms. The molecule has 1 aliphatic rings. The predicted molar refractivity (Wildman–Crippen MR) is 73.6 cm³/mol. The van der Waals surface area contributed by atoms with Crippen molar-refractivity contribution in [1.82, 2.24) is 10.2 Å². The van der Waals surface area contributed by atoms with Crippen molar-refractivity contribution in [3.8, 4) is 0 Å². The Kier molecular flexibility index (Phi) is 4.82. The smallest absolute Gasteiger partial charge is 0.306 e. The van der Waals surface area contributed by atoms with Crippen molar-refractivity contribution in [2.24, 2.45) is 11.8 Å². The lowest BCUT2D eigenvalue weighted by Gasteiger charge is -2.26. The number of anilines is 1. The van der Waals surface area contributed by atoms with Crippen LogP contribution in [0.1, 0.15) is 25.7 Å². The van der Waals surface area contributed by atoms with E-state index < -0.39 is 5.97 Å². The van der Waals surface area contributed by atoms with E-state index in [4.69, 9.17) is 28.3 Å². The second-order valence-corrected chi connectivity index (χ2v) is 5.55. The SMILES string of the molecule is O=C(O)C1CCC(CNc2cc(Cl)nnc2Cl)CC1. The Hall–Kier alpha value is -1.07. The Balaban J connectivity index is 1.83. The maximum atomic E-state index is 10.9. The molecule has 0 radical (unpaired) electrons. The van der Waals surface area contributed by atoms with Gasteiger partial charge in [-0.1, -0.05) is 23.2 Å². The molecule has 0 atom stereocenters. The maximum absolute atomic E-state index is 10.9. The highest BCUT2D eigenvalue weighted by molar-refractivity contribution is 6.33. The van der Waals surface area contributed by atoms with Crippen LogP contribution in [0.15, 0.2) is 6.07 Å². The van der Waals surface area contributed by atoms with Crippen LogP contribution in [-0.4, -0.2) is 27.8 Å². The first-order valence-corrected chi connectivity index (χ1v) is 6.97. The van der Waals surface area contributed by atoms with Crippen molar-refractivity contribution < 1.29 is 9.90 Å². The van der Waals surface area contributed by atoms with Gasteiger partial charge in [0, 0.05) is 12.6 Å². The monoisotopic (exact) mass is 303 g/mol. The van der Waals surface area contributed by atoms with Gasteiger partial charge in [0.15, 0.2) is 10.3 Å². The third-order valence-electron chi connectivity index (χ3n) is 3.50. The minimum absolute atomic E-state index is 0.183. The number of carboxylic acids is 1. The molecular weight excluding hydrogens is 289 g/mol. The zero-order chi connectivity index (χ0) is 13.8. The Bertz CT molecular complexity index is 462. The zero-order valence-corrected chi connectivity index (χ0v) is 11.8. The molecule has 19 heavy (non-hydrogen) atoms. The second-order valence-electron chi connectivity index (χ2n) is 4.81. The van der Waals surface area contributed by atoms with Gasteiger partial charge in [0.25, 0.3) is 0 Å². The standard InChI is InChI=1S/C12H15Cl2N3O2/c13-10-5-9(11(14)17-16-10)15-6-7-1-3-8(4-2-7)12(18)19/h5,7-8H,1-4,6H2,(H,15,16)(H,18,19). The van der Waals surface area contributed by atoms with Crippen LogP contribution in [0.2, 0.25) is 10.3 Å². The number of nitrogens with one attached hydrogen (secondary N) is 1. The Morgan fingerprint density at radius 1 is 1.32 bits per heavy atom. The summed E-state index contributed by atoms with van der Waals surface area (Å²) in [4.78, 5) is 10.9. The van der Waals surface area contributed by atoms with E-state index in [1.54, 1.807) is 6.07 Å². The number of aromatic nitrogens is 2. The number of hydrogen-bond donors (Lipinski definition) is 2. The first kappa shape index (κ1) is 14.3. The first-order chi connectivity index (χ1) is 9.06. The number of hydrogen-bond acceptors (Lipinski definition) is 4. The van der Waals surface area contributed by atoms with Gasteiger partial charge in [-0.15, -0.1) is 10.2 Å². The molecule has 1 saturated carbocycles. The van der Waals surface area contributed by atoms with Gasteiger partial charge in [-0.3, -0.25) is 4.79 Å². The number of aliphatic carboxylic acids is 1. The maximum Gasteiger partial charge on any atom is 0.306 e. The third kappa shape index (κ3) is 3.94. The van der Waals surface area contributed by atoms with E-state index in [-0.39, 0.29) is 5.92 Å². The molecule has 0 amide bonds. The molecule has 1 aromatic rings. The predicted octanol–water partition coefficient (Wildman–Crippen LogP) is 3.09. The fourth-order valence-corrected chi connectivity index (χ4v) is 2.65. The molecule has 0 spiro atoms. The molecule has 1 heterocycles. The Morgan fingerprint density at radius 2 is 2.00 bits per heavy atom. The number of nitrogens with zero attached hydrogens (tertiary/aromatic N) is 2. The molecule has 2 N–H and O–H groups in total. The summed E-state index contributed by atoms with van der Waals surface area (Å²) in [5, 5.41) is 20.1. The van der Waals surface area contributed by atoms with Gasteiger partial charge in [-0.25, -0.2) is 0 Å². The lowest BCUT2D eigenvalue weighted by molar-refractivity contribution is -0.143. The number of carboxylic acid groups (broad SMARTS) is 1. The average molecular weight is 304 g/mol. The van der Waals surface area contributed by atoms with Gasteiger partial charge in [0.05, 0.1) is 11.6 Å². The fraction of sp³-hybridized carbons (Fsp3) is 0.583. The van der Waals surface area contributed by atoms with Crippen molar-refractivity contribution >= 4 is 34.9 Å². The molecule has 0 unspecified atom stereocenters. The molecule has 1 fully saturated rings. The van der Waals surface area contributed by atoms with E-state index in [2.05, 4.69) is 15.5 Å². The number of halogens is 2. The molecule has 0 bridgehead atoms. The number of carbonyl (C=O) groups is 1. The van der Waals surface area contributed by atoms with Crippen LogP contribution in [0.5, 0.6) is 0 Å². The number of rotatable bonds is 4. The van der Waals surface area contributed by atoms with E-state index in [9.17, 15) is 4.79 Å². The minimum atomic E-state index is -0.681. The van der Waals surface area contributed by atoms with E-state index in [0.717, 1.165) is 32.2 Å². The largest absolute Gasteiger partial charge is 0.481 e. The van der Waals surface area contributed by atoms with Crippen molar-refractivity contribution in [2.75, 3.05) is 11.9 Å². The van der Waals surface area contributed by atoms with Crippen molar-refractivity contribution in [3.63, 3.8) is 0 Å². The normalized spacial score (nSPS) is 23.1. The molecule has 104 valence electrons. The Labute approximate surface area is 121 Å². The quantitative estimate of drug-likeness (QED) is 0.894. The highest BCUT2D eigenvalue weighted by atomic mass is 35.5. The van der Waals surface area contributed by atoms with Crippen LogP contribution in [0.3, 0.4) is 0 Å². The van der Waals surface area contributed by atoms with Gasteiger partial charge in [0.1, 0.15) is 0 Å². The summed E-state index contributed by atoms with van der Waals surface area (Å²) in [6.07, 6.45) is 3.30. The summed E-state index contributed by atoms with van der Waals surface area (Å²) in [7, 11) is 0. The van der Waals surface area contributed by atoms with Gasteiger partial charge in [0.2, 0.25) is 0 Å². The van der Waals surface area contributed by atoms with Gasteiger partial charge in [-0.05, 0) is 31.6 Å². The van der Waals surface area contributed by atoms with E-state index in [1.165, 1.54) is 0 Å². The summed E-state index contributed by atoms with van der Waals surface area (Å²) in [6.45, 7) is 0.744. The fourth-order valence-electron chi connectivity index (χ4n) is 2.34. The first-order valence-electron chi connectivity index (χ1n) is 6.21. The molecular formula is C12H15Cl2N3O2. The van der Waals surface area contributed by atoms with Gasteiger partial charge < -0.3 is 10.4 Å². The topological polar surface area (TPSA) is 75.1 Å². The molecule has 1 aromatic heterocycles. The van der Waals surface area contributed by atoms with Gasteiger partial charge in [-0.2, -0.15) is 0 Å². The highest BCUT2D eigenvalue weighted by Crippen LogP contribution is 2.30. The minimum Gasteiger partial charge on any atom is -0.481 e. The Morgan fingerprint density at radius 3 is 2.63 bits per heavy atom. The van der Waals surface area contributed by atoms with Crippen LogP contribution in [0.25, 0.3) is 0 Å². The van der Waals surface area contributed by atoms with Crippen molar-refractivity contribution in [1.29, 1.82) is 0 Å². The van der Waals surface area contributed by atoms with Crippen LogP contribution in [0, 0.1) is 11.8 Å². The molecule has 0 aliphatic heterocycles. The van der Waals surface area contributed by atoms with E-state index in [1.807, 2.05) is 0 Å². The van der Waals surface area contributed by atoms with Crippen LogP contribution in [0.4, 0.5) is 5.69 Å². The summed E-state index contributed by atoms with van der Waals surface area (Å²) < 4.78 is 0. The third-order valence-corrected chi connectivity index (χ3v) is 3.96. The molecule has 5 nitrogen and oxygen atoms in total. The average Bonchev–Trinajstić information content (AvgIpc) is 2.40. The van der Waals surface area contributed by atoms with Gasteiger partial charge >= 0.3 is 5.97 Å². The van der Waals surface area contributed by atoms with Crippen LogP contribution in [-0.2, 0) is 4.79 Å². The lowest BCUT2D eigenvalue weighted by Crippen LogP contribution is -2.25. The summed E-state index contributed by atoms with van der Waals surface area (Å²) in [5.41, 5.74) is 0.669. The van der Waals surface area contributed by atoms with Crippen molar-refractivity contribution in [3.05, 3.63) is 16.4 Å². The van der Waals surface area contributed by atoms with Crippen LogP contribution >= 0.6 is 23.2 Å². The molecule has 2 rings (SSSR count). The second kappa shape index (κ2) is 6.39.